The minimum Gasteiger partial charge on any atom is -0.345 e. The number of thiophene rings is 1. The van der Waals surface area contributed by atoms with E-state index < -0.39 is 0 Å². The minimum atomic E-state index is -0.179. The summed E-state index contributed by atoms with van der Waals surface area (Å²) < 4.78 is 0.859. The lowest BCUT2D eigenvalue weighted by Gasteiger charge is -2.27. The largest absolute Gasteiger partial charge is 0.345 e. The molecule has 1 aromatic rings. The van der Waals surface area contributed by atoms with Crippen molar-refractivity contribution < 1.29 is 4.79 Å². The summed E-state index contributed by atoms with van der Waals surface area (Å²) in [6.07, 6.45) is 4.29. The number of halogens is 2. The Bertz CT molecular complexity index is 387. The Morgan fingerprint density at radius 3 is 2.75 bits per heavy atom. The smallest absolute Gasteiger partial charge is 0.262 e. The molecule has 0 saturated heterocycles. The molecule has 1 heterocycles. The lowest BCUT2D eigenvalue weighted by Crippen LogP contribution is -2.47. The molecule has 1 aromatic heterocycles. The number of hydrogen-bond donors (Lipinski definition) is 1. The molecular weight excluding hydrogens is 310 g/mol. The molecule has 1 aliphatic carbocycles. The molecule has 16 heavy (non-hydrogen) atoms. The number of amides is 1. The number of carbonyl (C=O) groups excluding carboxylic acids is 1. The fourth-order valence-corrected chi connectivity index (χ4v) is 3.88. The first-order chi connectivity index (χ1) is 7.67. The Hall–Kier alpha value is -0.0600. The van der Waals surface area contributed by atoms with Gasteiger partial charge in [-0.05, 0) is 40.2 Å². The lowest BCUT2D eigenvalue weighted by molar-refractivity contribution is 0.0913. The quantitative estimate of drug-likeness (QED) is 0.843. The van der Waals surface area contributed by atoms with E-state index >= 15 is 0 Å². The van der Waals surface area contributed by atoms with Crippen molar-refractivity contribution in [2.75, 3.05) is 5.88 Å². The van der Waals surface area contributed by atoms with Gasteiger partial charge in [0.15, 0.2) is 0 Å². The molecule has 0 aliphatic heterocycles. The Morgan fingerprint density at radius 1 is 1.56 bits per heavy atom. The van der Waals surface area contributed by atoms with Crippen molar-refractivity contribution in [2.45, 2.75) is 31.2 Å². The van der Waals surface area contributed by atoms with Gasteiger partial charge in [0.05, 0.1) is 5.54 Å². The van der Waals surface area contributed by atoms with Crippen LogP contribution in [-0.4, -0.2) is 17.3 Å². The van der Waals surface area contributed by atoms with Crippen LogP contribution in [-0.2, 0) is 0 Å². The first kappa shape index (κ1) is 12.4. The van der Waals surface area contributed by atoms with Crippen LogP contribution in [0.25, 0.3) is 0 Å². The van der Waals surface area contributed by atoms with Crippen molar-refractivity contribution in [2.24, 2.45) is 0 Å². The van der Waals surface area contributed by atoms with E-state index in [0.717, 1.165) is 35.0 Å². The van der Waals surface area contributed by atoms with Crippen LogP contribution in [0.4, 0.5) is 0 Å². The van der Waals surface area contributed by atoms with Gasteiger partial charge < -0.3 is 5.32 Å². The molecule has 5 heteroatoms. The maximum atomic E-state index is 12.1. The Morgan fingerprint density at radius 2 is 2.25 bits per heavy atom. The zero-order valence-corrected chi connectivity index (χ0v) is 11.9. The third kappa shape index (κ3) is 2.44. The van der Waals surface area contributed by atoms with E-state index in [1.54, 1.807) is 0 Å². The number of rotatable bonds is 3. The Balaban J connectivity index is 2.09. The van der Waals surface area contributed by atoms with Crippen molar-refractivity contribution in [1.82, 2.24) is 5.32 Å². The number of nitrogens with one attached hydrogen (secondary N) is 1. The molecule has 0 atom stereocenters. The highest BCUT2D eigenvalue weighted by atomic mass is 79.9. The van der Waals surface area contributed by atoms with Crippen LogP contribution in [0.5, 0.6) is 0 Å². The summed E-state index contributed by atoms with van der Waals surface area (Å²) >= 11 is 10.8. The minimum absolute atomic E-state index is 0.00979. The lowest BCUT2D eigenvalue weighted by atomic mass is 10.0. The fourth-order valence-electron chi connectivity index (χ4n) is 2.10. The predicted octanol–water partition coefficient (Wildman–Crippen LogP) is 3.79. The first-order valence-corrected chi connectivity index (χ1v) is 7.49. The molecule has 1 aliphatic rings. The van der Waals surface area contributed by atoms with Crippen molar-refractivity contribution in [3.05, 3.63) is 20.8 Å². The summed E-state index contributed by atoms with van der Waals surface area (Å²) in [5.41, 5.74) is -0.179. The normalized spacial score (nSPS) is 18.6. The van der Waals surface area contributed by atoms with Crippen molar-refractivity contribution in [1.29, 1.82) is 0 Å². The maximum Gasteiger partial charge on any atom is 0.262 e. The average molecular weight is 323 g/mol. The highest BCUT2D eigenvalue weighted by Crippen LogP contribution is 2.32. The Labute approximate surface area is 113 Å². The van der Waals surface area contributed by atoms with Crippen LogP contribution in [0, 0.1) is 0 Å². The summed E-state index contributed by atoms with van der Waals surface area (Å²) in [5.74, 6) is 0.492. The molecule has 1 N–H and O–H groups in total. The molecule has 2 nitrogen and oxygen atoms in total. The van der Waals surface area contributed by atoms with Gasteiger partial charge in [-0.3, -0.25) is 4.79 Å². The monoisotopic (exact) mass is 321 g/mol. The topological polar surface area (TPSA) is 29.1 Å². The van der Waals surface area contributed by atoms with Crippen LogP contribution in [0.1, 0.15) is 35.4 Å². The fraction of sp³-hybridized carbons (Fsp3) is 0.545. The summed E-state index contributed by atoms with van der Waals surface area (Å²) in [5, 5.41) is 5.00. The van der Waals surface area contributed by atoms with Crippen LogP contribution < -0.4 is 5.32 Å². The summed E-state index contributed by atoms with van der Waals surface area (Å²) in [6.45, 7) is 0. The molecule has 0 unspecified atom stereocenters. The third-order valence-electron chi connectivity index (χ3n) is 3.02. The third-order valence-corrected chi connectivity index (χ3v) is 5.37. The van der Waals surface area contributed by atoms with E-state index in [1.807, 2.05) is 11.4 Å². The van der Waals surface area contributed by atoms with Gasteiger partial charge in [-0.1, -0.05) is 12.8 Å². The van der Waals surface area contributed by atoms with E-state index in [-0.39, 0.29) is 11.4 Å². The second-order valence-electron chi connectivity index (χ2n) is 4.17. The van der Waals surface area contributed by atoms with Crippen LogP contribution in [0.2, 0.25) is 0 Å². The molecule has 1 amide bonds. The predicted molar refractivity (Wildman–Crippen MR) is 71.4 cm³/mol. The summed E-state index contributed by atoms with van der Waals surface area (Å²) in [4.78, 5) is 12.8. The first-order valence-electron chi connectivity index (χ1n) is 5.28. The molecule has 1 saturated carbocycles. The zero-order valence-electron chi connectivity index (χ0n) is 8.76. The number of alkyl halides is 1. The van der Waals surface area contributed by atoms with Gasteiger partial charge in [0, 0.05) is 10.4 Å². The average Bonchev–Trinajstić information content (AvgIpc) is 2.87. The SMILES string of the molecule is O=C(NC1(CCl)CCCC1)c1sccc1Br. The van der Waals surface area contributed by atoms with E-state index in [4.69, 9.17) is 11.6 Å². The van der Waals surface area contributed by atoms with Crippen LogP contribution >= 0.6 is 38.9 Å². The van der Waals surface area contributed by atoms with Crippen LogP contribution in [0.3, 0.4) is 0 Å². The van der Waals surface area contributed by atoms with E-state index in [0.29, 0.717) is 5.88 Å². The molecule has 88 valence electrons. The number of hydrogen-bond acceptors (Lipinski definition) is 2. The zero-order chi connectivity index (χ0) is 11.6. The van der Waals surface area contributed by atoms with Gasteiger partial charge in [0.2, 0.25) is 0 Å². The maximum absolute atomic E-state index is 12.1. The van der Waals surface area contributed by atoms with Gasteiger partial charge in [-0.2, -0.15) is 0 Å². The molecule has 2 rings (SSSR count). The highest BCUT2D eigenvalue weighted by Gasteiger charge is 2.35. The van der Waals surface area contributed by atoms with E-state index in [2.05, 4.69) is 21.2 Å². The molecule has 0 bridgehead atoms. The van der Waals surface area contributed by atoms with Gasteiger partial charge >= 0.3 is 0 Å². The summed E-state index contributed by atoms with van der Waals surface area (Å²) in [7, 11) is 0. The van der Waals surface area contributed by atoms with Crippen molar-refractivity contribution >= 4 is 44.8 Å². The molecule has 1 fully saturated rings. The Kier molecular flexibility index (Phi) is 3.93. The van der Waals surface area contributed by atoms with Crippen molar-refractivity contribution in [3.8, 4) is 0 Å². The van der Waals surface area contributed by atoms with Gasteiger partial charge in [-0.25, -0.2) is 0 Å². The van der Waals surface area contributed by atoms with Crippen molar-refractivity contribution in [3.63, 3.8) is 0 Å². The molecule has 0 radical (unpaired) electrons. The van der Waals surface area contributed by atoms with Gasteiger partial charge in [0.25, 0.3) is 5.91 Å². The van der Waals surface area contributed by atoms with Gasteiger partial charge in [-0.15, -0.1) is 22.9 Å². The second-order valence-corrected chi connectivity index (χ2v) is 6.21. The summed E-state index contributed by atoms with van der Waals surface area (Å²) in [6, 6.07) is 1.89. The van der Waals surface area contributed by atoms with E-state index in [1.165, 1.54) is 11.3 Å². The van der Waals surface area contributed by atoms with Gasteiger partial charge in [0.1, 0.15) is 4.88 Å². The molecule has 0 spiro atoms. The number of carbonyl (C=O) groups is 1. The van der Waals surface area contributed by atoms with E-state index in [9.17, 15) is 4.79 Å². The molecule has 0 aromatic carbocycles. The van der Waals surface area contributed by atoms with Crippen LogP contribution in [0.15, 0.2) is 15.9 Å². The standard InChI is InChI=1S/C11H13BrClNOS/c12-8-3-6-16-9(8)10(15)14-11(7-13)4-1-2-5-11/h3,6H,1-2,4-5,7H2,(H,14,15). The molecular formula is C11H13BrClNOS. The second kappa shape index (κ2) is 5.07. The highest BCUT2D eigenvalue weighted by molar-refractivity contribution is 9.10.